The molecule has 0 amide bonds. The van der Waals surface area contributed by atoms with E-state index in [4.69, 9.17) is 27.4 Å². The fourth-order valence-corrected chi connectivity index (χ4v) is 2.06. The van der Waals surface area contributed by atoms with Gasteiger partial charge < -0.3 is 26.8 Å². The van der Waals surface area contributed by atoms with Gasteiger partial charge in [-0.1, -0.05) is 29.4 Å². The number of oxime groups is 1. The summed E-state index contributed by atoms with van der Waals surface area (Å²) >= 11 is 0. The minimum absolute atomic E-state index is 0.0212. The first-order valence-electron chi connectivity index (χ1n) is 7.28. The molecule has 1 unspecified atom stereocenters. The molecule has 1 heterocycles. The number of hydrogen-bond donors (Lipinski definition) is 4. The van der Waals surface area contributed by atoms with Crippen molar-refractivity contribution < 1.29 is 19.2 Å². The van der Waals surface area contributed by atoms with Crippen LogP contribution in [-0.2, 0) is 19.2 Å². The summed E-state index contributed by atoms with van der Waals surface area (Å²) in [5.41, 5.74) is 18.1. The van der Waals surface area contributed by atoms with Crippen LogP contribution in [0.4, 0.5) is 0 Å². The van der Waals surface area contributed by atoms with Crippen molar-refractivity contribution in [3.63, 3.8) is 0 Å². The number of esters is 2. The molecule has 0 spiro atoms. The van der Waals surface area contributed by atoms with Crippen LogP contribution in [0.2, 0.25) is 0 Å². The van der Waals surface area contributed by atoms with E-state index in [1.807, 2.05) is 0 Å². The average Bonchev–Trinajstić information content (AvgIpc) is 3.02. The maximum absolute atomic E-state index is 11.7. The van der Waals surface area contributed by atoms with Crippen LogP contribution in [0.3, 0.4) is 0 Å². The largest absolute Gasteiger partial charge is 0.392 e. The fourth-order valence-electron chi connectivity index (χ4n) is 2.06. The predicted octanol–water partition coefficient (Wildman–Crippen LogP) is -0.790. The molecule has 0 aliphatic carbocycles. The van der Waals surface area contributed by atoms with Gasteiger partial charge in [0.2, 0.25) is 0 Å². The topological polar surface area (TPSA) is 167 Å². The molecule has 0 saturated heterocycles. The van der Waals surface area contributed by atoms with Gasteiger partial charge in [0.25, 0.3) is 0 Å². The Morgan fingerprint density at radius 2 is 2.04 bits per heavy atom. The summed E-state index contributed by atoms with van der Waals surface area (Å²) < 4.78 is 4.60. The Balaban J connectivity index is 1.87. The van der Waals surface area contributed by atoms with E-state index >= 15 is 0 Å². The Morgan fingerprint density at radius 3 is 2.62 bits per heavy atom. The first-order chi connectivity index (χ1) is 11.4. The zero-order chi connectivity index (χ0) is 17.7. The van der Waals surface area contributed by atoms with Crippen LogP contribution in [0, 0.1) is 5.41 Å². The molecule has 24 heavy (non-hydrogen) atoms. The number of hydrogen-bond acceptors (Lipinski definition) is 8. The Hall–Kier alpha value is -2.78. The van der Waals surface area contributed by atoms with Crippen molar-refractivity contribution in [1.29, 1.82) is 5.41 Å². The molecule has 1 aliphatic rings. The molecule has 0 bridgehead atoms. The van der Waals surface area contributed by atoms with Gasteiger partial charge in [-0.05, 0) is 5.56 Å². The van der Waals surface area contributed by atoms with E-state index in [-0.39, 0.29) is 18.8 Å². The second kappa shape index (κ2) is 7.66. The highest BCUT2D eigenvalue weighted by Gasteiger charge is 2.27. The average molecular weight is 333 g/mol. The van der Waals surface area contributed by atoms with Gasteiger partial charge in [0, 0.05) is 18.5 Å². The van der Waals surface area contributed by atoms with Crippen molar-refractivity contribution >= 4 is 23.5 Å². The monoisotopic (exact) mass is 333 g/mol. The van der Waals surface area contributed by atoms with Gasteiger partial charge in [-0.3, -0.25) is 10.2 Å². The van der Waals surface area contributed by atoms with Gasteiger partial charge >= 0.3 is 11.9 Å². The van der Waals surface area contributed by atoms with E-state index in [1.165, 1.54) is 0 Å². The molecule has 0 fully saturated rings. The zero-order valence-corrected chi connectivity index (χ0v) is 12.9. The third-order valence-electron chi connectivity index (χ3n) is 3.43. The number of benzene rings is 1. The molecular weight excluding hydrogens is 314 g/mol. The van der Waals surface area contributed by atoms with Gasteiger partial charge in [0.05, 0.1) is 12.1 Å². The van der Waals surface area contributed by atoms with Crippen molar-refractivity contribution in [2.45, 2.75) is 25.0 Å². The van der Waals surface area contributed by atoms with E-state index in [9.17, 15) is 9.59 Å². The highest BCUT2D eigenvalue weighted by Crippen LogP contribution is 2.19. The molecule has 0 saturated carbocycles. The minimum Gasteiger partial charge on any atom is -0.392 e. The van der Waals surface area contributed by atoms with E-state index in [0.29, 0.717) is 17.7 Å². The van der Waals surface area contributed by atoms with E-state index in [2.05, 4.69) is 9.89 Å². The lowest BCUT2D eigenvalue weighted by Gasteiger charge is -2.10. The molecule has 0 aromatic heterocycles. The number of carbonyl (C=O) groups excluding carboxylic acids is 2. The van der Waals surface area contributed by atoms with Crippen molar-refractivity contribution in [3.05, 3.63) is 35.4 Å². The van der Waals surface area contributed by atoms with E-state index in [0.717, 1.165) is 5.56 Å². The summed E-state index contributed by atoms with van der Waals surface area (Å²) in [4.78, 5) is 28.3. The predicted molar refractivity (Wildman–Crippen MR) is 86.2 cm³/mol. The number of nitrogens with one attached hydrogen (secondary N) is 1. The summed E-state index contributed by atoms with van der Waals surface area (Å²) in [5, 5.41) is 11.3. The Labute approximate surface area is 138 Å². The van der Waals surface area contributed by atoms with E-state index in [1.54, 1.807) is 24.3 Å². The van der Waals surface area contributed by atoms with Crippen LogP contribution in [-0.4, -0.2) is 42.2 Å². The van der Waals surface area contributed by atoms with Gasteiger partial charge in [-0.2, -0.15) is 0 Å². The molecule has 9 nitrogen and oxygen atoms in total. The van der Waals surface area contributed by atoms with Crippen LogP contribution in [0.25, 0.3) is 0 Å². The molecule has 1 aliphatic heterocycles. The standard InChI is InChI=1S/C15H19N5O4/c16-7-11(17)15(22)23-13(21)6-10-5-12(20-24-10)8-1-3-9(4-2-8)14(18)19/h1-4,10-11H,5-7,16-17H2,(H3,18,19)/t10?,11-/m0/s1. The van der Waals surface area contributed by atoms with Crippen molar-refractivity contribution in [2.75, 3.05) is 6.54 Å². The molecule has 7 N–H and O–H groups in total. The first kappa shape index (κ1) is 17.6. The number of amidine groups is 1. The van der Waals surface area contributed by atoms with E-state index < -0.39 is 24.1 Å². The number of nitrogens with two attached hydrogens (primary N) is 3. The smallest absolute Gasteiger partial charge is 0.331 e. The van der Waals surface area contributed by atoms with Crippen LogP contribution < -0.4 is 17.2 Å². The summed E-state index contributed by atoms with van der Waals surface area (Å²) in [6, 6.07) is 5.92. The van der Waals surface area contributed by atoms with Gasteiger partial charge in [0.1, 0.15) is 18.0 Å². The number of rotatable bonds is 6. The Morgan fingerprint density at radius 1 is 1.38 bits per heavy atom. The Kier molecular flexibility index (Phi) is 5.61. The van der Waals surface area contributed by atoms with Crippen LogP contribution in [0.5, 0.6) is 0 Å². The van der Waals surface area contributed by atoms with Crippen molar-refractivity contribution in [3.8, 4) is 0 Å². The molecular formula is C15H19N5O4. The normalized spacial score (nSPS) is 17.6. The molecule has 128 valence electrons. The van der Waals surface area contributed by atoms with Crippen LogP contribution >= 0.6 is 0 Å². The lowest BCUT2D eigenvalue weighted by atomic mass is 10.0. The molecule has 0 radical (unpaired) electrons. The quantitative estimate of drug-likeness (QED) is 0.229. The minimum atomic E-state index is -1.02. The summed E-state index contributed by atoms with van der Waals surface area (Å²) in [7, 11) is 0. The number of nitrogen functional groups attached to an aromatic ring is 1. The molecule has 1 aromatic rings. The Bertz CT molecular complexity index is 671. The highest BCUT2D eigenvalue weighted by atomic mass is 16.6. The maximum Gasteiger partial charge on any atom is 0.331 e. The summed E-state index contributed by atoms with van der Waals surface area (Å²) in [6.45, 7) is -0.102. The second-order valence-electron chi connectivity index (χ2n) is 5.30. The zero-order valence-electron chi connectivity index (χ0n) is 12.9. The third kappa shape index (κ3) is 4.37. The fraction of sp³-hybridized carbons (Fsp3) is 0.333. The summed E-state index contributed by atoms with van der Waals surface area (Å²) in [6.07, 6.45) is -0.241. The number of nitrogens with zero attached hydrogens (tertiary/aromatic N) is 1. The SMILES string of the molecule is N=C(N)c1ccc(C2=NOC(CC(=O)OC(=O)[C@@H](N)CN)C2)cc1. The van der Waals surface area contributed by atoms with Crippen LogP contribution in [0.1, 0.15) is 24.0 Å². The molecule has 2 atom stereocenters. The second-order valence-corrected chi connectivity index (χ2v) is 5.30. The van der Waals surface area contributed by atoms with Crippen molar-refractivity contribution in [2.24, 2.45) is 22.4 Å². The summed E-state index contributed by atoms with van der Waals surface area (Å²) in [5.74, 6) is -1.62. The maximum atomic E-state index is 11.7. The van der Waals surface area contributed by atoms with Crippen LogP contribution in [0.15, 0.2) is 29.4 Å². The first-order valence-corrected chi connectivity index (χ1v) is 7.28. The molecule has 1 aromatic carbocycles. The molecule has 9 heteroatoms. The van der Waals surface area contributed by atoms with Crippen molar-refractivity contribution in [1.82, 2.24) is 0 Å². The van der Waals surface area contributed by atoms with Gasteiger partial charge in [-0.15, -0.1) is 0 Å². The lowest BCUT2D eigenvalue weighted by molar-refractivity contribution is -0.161. The lowest BCUT2D eigenvalue weighted by Crippen LogP contribution is -2.40. The number of ether oxygens (including phenoxy) is 1. The molecule has 2 rings (SSSR count). The third-order valence-corrected chi connectivity index (χ3v) is 3.43. The van der Waals surface area contributed by atoms with Gasteiger partial charge in [0.15, 0.2) is 0 Å². The highest BCUT2D eigenvalue weighted by molar-refractivity contribution is 6.03. The van der Waals surface area contributed by atoms with Gasteiger partial charge in [-0.25, -0.2) is 4.79 Å². The number of carbonyl (C=O) groups is 2.